The van der Waals surface area contributed by atoms with Gasteiger partial charge >= 0.3 is 0 Å². The van der Waals surface area contributed by atoms with Gasteiger partial charge in [-0.15, -0.1) is 0 Å². The highest BCUT2D eigenvalue weighted by atomic mass is 79.9. The number of hydrogen-bond acceptors (Lipinski definition) is 4. The SMILES string of the molecule is COCCNC(=O)CN(C)C(=O)c1ccc(N)c(Br)c1. The molecule has 6 nitrogen and oxygen atoms in total. The number of amides is 2. The number of carbonyl (C=O) groups is 2. The van der Waals surface area contributed by atoms with Crippen molar-refractivity contribution in [2.45, 2.75) is 0 Å². The number of ether oxygens (including phenoxy) is 1. The molecule has 3 N–H and O–H groups in total. The number of nitrogens with zero attached hydrogens (tertiary/aromatic N) is 1. The monoisotopic (exact) mass is 343 g/mol. The number of hydrogen-bond donors (Lipinski definition) is 2. The van der Waals surface area contributed by atoms with Crippen LogP contribution < -0.4 is 11.1 Å². The molecule has 0 saturated carbocycles. The van der Waals surface area contributed by atoms with E-state index in [0.29, 0.717) is 28.9 Å². The Morgan fingerprint density at radius 2 is 2.15 bits per heavy atom. The van der Waals surface area contributed by atoms with Gasteiger partial charge in [-0.1, -0.05) is 0 Å². The summed E-state index contributed by atoms with van der Waals surface area (Å²) in [6.07, 6.45) is 0. The summed E-state index contributed by atoms with van der Waals surface area (Å²) in [7, 11) is 3.13. The molecular weight excluding hydrogens is 326 g/mol. The maximum Gasteiger partial charge on any atom is 0.254 e. The van der Waals surface area contributed by atoms with Crippen molar-refractivity contribution in [1.82, 2.24) is 10.2 Å². The molecule has 1 rings (SSSR count). The number of nitrogen functional groups attached to an aromatic ring is 1. The zero-order valence-electron chi connectivity index (χ0n) is 11.5. The molecule has 0 aliphatic heterocycles. The Hall–Kier alpha value is -1.60. The summed E-state index contributed by atoms with van der Waals surface area (Å²) >= 11 is 3.27. The zero-order chi connectivity index (χ0) is 15.1. The van der Waals surface area contributed by atoms with Crippen molar-refractivity contribution in [3.8, 4) is 0 Å². The minimum Gasteiger partial charge on any atom is -0.398 e. The zero-order valence-corrected chi connectivity index (χ0v) is 13.1. The summed E-state index contributed by atoms with van der Waals surface area (Å²) in [5.41, 5.74) is 6.69. The minimum atomic E-state index is -0.243. The normalized spacial score (nSPS) is 10.2. The van der Waals surface area contributed by atoms with E-state index in [-0.39, 0.29) is 18.4 Å². The smallest absolute Gasteiger partial charge is 0.254 e. The first kappa shape index (κ1) is 16.5. The first-order chi connectivity index (χ1) is 9.45. The second-order valence-electron chi connectivity index (χ2n) is 4.24. The molecule has 0 bridgehead atoms. The van der Waals surface area contributed by atoms with Crippen molar-refractivity contribution in [2.75, 3.05) is 39.6 Å². The lowest BCUT2D eigenvalue weighted by atomic mass is 10.2. The van der Waals surface area contributed by atoms with E-state index in [4.69, 9.17) is 10.5 Å². The van der Waals surface area contributed by atoms with Gasteiger partial charge in [0, 0.05) is 36.4 Å². The molecular formula is C13H18BrN3O3. The van der Waals surface area contributed by atoms with Crippen LogP contribution in [0.15, 0.2) is 22.7 Å². The molecule has 0 heterocycles. The van der Waals surface area contributed by atoms with Gasteiger partial charge in [0.2, 0.25) is 5.91 Å². The Morgan fingerprint density at radius 3 is 2.75 bits per heavy atom. The van der Waals surface area contributed by atoms with E-state index in [9.17, 15) is 9.59 Å². The fourth-order valence-electron chi connectivity index (χ4n) is 1.52. The lowest BCUT2D eigenvalue weighted by Crippen LogP contribution is -2.39. The van der Waals surface area contributed by atoms with Crippen LogP contribution >= 0.6 is 15.9 Å². The number of nitrogens with two attached hydrogens (primary N) is 1. The highest BCUT2D eigenvalue weighted by Crippen LogP contribution is 2.21. The minimum absolute atomic E-state index is 0.00938. The van der Waals surface area contributed by atoms with Crippen LogP contribution in [-0.4, -0.2) is 50.6 Å². The topological polar surface area (TPSA) is 84.7 Å². The van der Waals surface area contributed by atoms with E-state index in [0.717, 1.165) is 0 Å². The quantitative estimate of drug-likeness (QED) is 0.592. The second kappa shape index (κ2) is 7.86. The van der Waals surface area contributed by atoms with Gasteiger partial charge in [-0.2, -0.15) is 0 Å². The van der Waals surface area contributed by atoms with Gasteiger partial charge in [0.05, 0.1) is 13.2 Å². The van der Waals surface area contributed by atoms with Gasteiger partial charge in [0.15, 0.2) is 0 Å². The summed E-state index contributed by atoms with van der Waals surface area (Å²) in [4.78, 5) is 25.1. The molecule has 0 aliphatic rings. The number of likely N-dealkylation sites (N-methyl/N-ethyl adjacent to an activating group) is 1. The average Bonchev–Trinajstić information content (AvgIpc) is 2.41. The van der Waals surface area contributed by atoms with Crippen LogP contribution in [0.25, 0.3) is 0 Å². The third-order valence-corrected chi connectivity index (χ3v) is 3.29. The molecule has 1 aromatic carbocycles. The van der Waals surface area contributed by atoms with E-state index in [1.54, 1.807) is 32.4 Å². The van der Waals surface area contributed by atoms with Crippen molar-refractivity contribution in [3.05, 3.63) is 28.2 Å². The van der Waals surface area contributed by atoms with Gasteiger partial charge in [-0.05, 0) is 34.1 Å². The Morgan fingerprint density at radius 1 is 1.45 bits per heavy atom. The molecule has 0 spiro atoms. The van der Waals surface area contributed by atoms with Crippen molar-refractivity contribution in [1.29, 1.82) is 0 Å². The fourth-order valence-corrected chi connectivity index (χ4v) is 1.89. The number of anilines is 1. The fraction of sp³-hybridized carbons (Fsp3) is 0.385. The number of methoxy groups -OCH3 is 1. The predicted molar refractivity (Wildman–Crippen MR) is 80.4 cm³/mol. The third kappa shape index (κ3) is 4.82. The van der Waals surface area contributed by atoms with Crippen LogP contribution in [0.4, 0.5) is 5.69 Å². The van der Waals surface area contributed by atoms with Gasteiger partial charge in [-0.25, -0.2) is 0 Å². The molecule has 0 unspecified atom stereocenters. The molecule has 0 fully saturated rings. The summed E-state index contributed by atoms with van der Waals surface area (Å²) in [6.45, 7) is 0.851. The Kier molecular flexibility index (Phi) is 6.47. The maximum atomic E-state index is 12.1. The van der Waals surface area contributed by atoms with Crippen molar-refractivity contribution in [2.24, 2.45) is 0 Å². The summed E-state index contributed by atoms with van der Waals surface area (Å²) in [5.74, 6) is -0.472. The molecule has 0 atom stereocenters. The second-order valence-corrected chi connectivity index (χ2v) is 5.09. The average molecular weight is 344 g/mol. The lowest BCUT2D eigenvalue weighted by Gasteiger charge is -2.17. The number of carbonyl (C=O) groups excluding carboxylic acids is 2. The number of rotatable bonds is 6. The largest absolute Gasteiger partial charge is 0.398 e. The first-order valence-corrected chi connectivity index (χ1v) is 6.81. The van der Waals surface area contributed by atoms with Gasteiger partial charge in [0.1, 0.15) is 0 Å². The summed E-state index contributed by atoms with van der Waals surface area (Å²) in [5, 5.41) is 2.65. The molecule has 2 amide bonds. The third-order valence-electron chi connectivity index (χ3n) is 2.60. The maximum absolute atomic E-state index is 12.1. The van der Waals surface area contributed by atoms with E-state index >= 15 is 0 Å². The van der Waals surface area contributed by atoms with E-state index in [1.807, 2.05) is 0 Å². The summed E-state index contributed by atoms with van der Waals surface area (Å²) in [6, 6.07) is 4.91. The van der Waals surface area contributed by atoms with Gasteiger partial charge in [-0.3, -0.25) is 9.59 Å². The summed E-state index contributed by atoms with van der Waals surface area (Å²) < 4.78 is 5.48. The standard InChI is InChI=1S/C13H18BrN3O3/c1-17(8-12(18)16-5-6-20-2)13(19)9-3-4-11(15)10(14)7-9/h3-4,7H,5-6,8,15H2,1-2H3,(H,16,18). The molecule has 20 heavy (non-hydrogen) atoms. The Balaban J connectivity index is 2.58. The number of benzene rings is 1. The van der Waals surface area contributed by atoms with E-state index in [2.05, 4.69) is 21.2 Å². The van der Waals surface area contributed by atoms with Crippen LogP contribution in [0.2, 0.25) is 0 Å². The van der Waals surface area contributed by atoms with Crippen molar-refractivity contribution >= 4 is 33.4 Å². The Labute approximate surface area is 126 Å². The van der Waals surface area contributed by atoms with Crippen molar-refractivity contribution in [3.63, 3.8) is 0 Å². The molecule has 0 saturated heterocycles. The molecule has 7 heteroatoms. The lowest BCUT2D eigenvalue weighted by molar-refractivity contribution is -0.121. The molecule has 110 valence electrons. The van der Waals surface area contributed by atoms with Crippen LogP contribution in [0.1, 0.15) is 10.4 Å². The molecule has 0 aliphatic carbocycles. The van der Waals surface area contributed by atoms with Crippen LogP contribution in [0.3, 0.4) is 0 Å². The number of nitrogens with one attached hydrogen (secondary N) is 1. The highest BCUT2D eigenvalue weighted by molar-refractivity contribution is 9.10. The van der Waals surface area contributed by atoms with Crippen LogP contribution in [0.5, 0.6) is 0 Å². The van der Waals surface area contributed by atoms with E-state index in [1.165, 1.54) is 4.90 Å². The van der Waals surface area contributed by atoms with Gasteiger partial charge < -0.3 is 20.7 Å². The van der Waals surface area contributed by atoms with Crippen molar-refractivity contribution < 1.29 is 14.3 Å². The predicted octanol–water partition coefficient (Wildman–Crippen LogP) is 0.866. The first-order valence-electron chi connectivity index (χ1n) is 6.02. The number of halogens is 1. The van der Waals surface area contributed by atoms with E-state index < -0.39 is 0 Å². The highest BCUT2D eigenvalue weighted by Gasteiger charge is 2.15. The van der Waals surface area contributed by atoms with Gasteiger partial charge in [0.25, 0.3) is 5.91 Å². The van der Waals surface area contributed by atoms with Crippen LogP contribution in [0, 0.1) is 0 Å². The molecule has 0 radical (unpaired) electrons. The van der Waals surface area contributed by atoms with Crippen LogP contribution in [-0.2, 0) is 9.53 Å². The Bertz CT molecular complexity index is 494. The molecule has 1 aromatic rings. The molecule has 0 aromatic heterocycles.